The maximum absolute atomic E-state index is 12.8. The summed E-state index contributed by atoms with van der Waals surface area (Å²) in [4.78, 5) is 27.3. The molecule has 1 aromatic carbocycles. The summed E-state index contributed by atoms with van der Waals surface area (Å²) in [5.74, 6) is -0.971. The second kappa shape index (κ2) is 5.37. The van der Waals surface area contributed by atoms with Crippen LogP contribution < -0.4 is 10.6 Å². The number of aliphatic carboxylic acids is 1. The Labute approximate surface area is 123 Å². The minimum Gasteiger partial charge on any atom is -0.480 e. The van der Waals surface area contributed by atoms with Gasteiger partial charge in [-0.15, -0.1) is 0 Å². The highest BCUT2D eigenvalue weighted by atomic mass is 16.4. The lowest BCUT2D eigenvalue weighted by molar-refractivity contribution is -0.138. The third-order valence-electron chi connectivity index (χ3n) is 4.20. The molecule has 0 saturated carbocycles. The molecule has 0 spiro atoms. The molecule has 2 atom stereocenters. The predicted molar refractivity (Wildman–Crippen MR) is 78.2 cm³/mol. The molecule has 3 rings (SSSR count). The number of urea groups is 1. The van der Waals surface area contributed by atoms with Crippen LogP contribution in [0.4, 0.5) is 10.5 Å². The molecular weight excluding hydrogens is 270 g/mol. The van der Waals surface area contributed by atoms with Crippen LogP contribution in [0.25, 0.3) is 0 Å². The zero-order valence-corrected chi connectivity index (χ0v) is 11.7. The molecule has 112 valence electrons. The Morgan fingerprint density at radius 1 is 1.29 bits per heavy atom. The molecular formula is C15H19N3O3. The number of para-hydroxylation sites is 1. The molecule has 2 unspecified atom stereocenters. The number of fused-ring (bicyclic) bond motifs is 1. The van der Waals surface area contributed by atoms with Crippen molar-refractivity contribution in [2.75, 3.05) is 18.0 Å². The Bertz CT molecular complexity index is 575. The summed E-state index contributed by atoms with van der Waals surface area (Å²) in [6.45, 7) is 1.13. The highest BCUT2D eigenvalue weighted by molar-refractivity contribution is 6.01. The first-order valence-corrected chi connectivity index (χ1v) is 7.22. The van der Waals surface area contributed by atoms with Crippen LogP contribution >= 0.6 is 0 Å². The van der Waals surface area contributed by atoms with Crippen LogP contribution in [0.15, 0.2) is 24.3 Å². The number of piperidine rings is 1. The monoisotopic (exact) mass is 289 g/mol. The van der Waals surface area contributed by atoms with E-state index in [0.717, 1.165) is 18.4 Å². The number of carbonyl (C=O) groups excluding carboxylic acids is 1. The van der Waals surface area contributed by atoms with Crippen molar-refractivity contribution >= 4 is 17.7 Å². The van der Waals surface area contributed by atoms with Gasteiger partial charge in [0, 0.05) is 31.2 Å². The van der Waals surface area contributed by atoms with Crippen molar-refractivity contribution < 1.29 is 14.7 Å². The van der Waals surface area contributed by atoms with Gasteiger partial charge < -0.3 is 15.7 Å². The van der Waals surface area contributed by atoms with Crippen LogP contribution in [0.5, 0.6) is 0 Å². The first kappa shape index (κ1) is 13.9. The largest absolute Gasteiger partial charge is 0.480 e. The number of hydrogen-bond acceptors (Lipinski definition) is 3. The summed E-state index contributed by atoms with van der Waals surface area (Å²) in [5, 5.41) is 9.42. The van der Waals surface area contributed by atoms with E-state index in [0.29, 0.717) is 25.2 Å². The minimum atomic E-state index is -0.971. The van der Waals surface area contributed by atoms with Crippen molar-refractivity contribution in [3.63, 3.8) is 0 Å². The van der Waals surface area contributed by atoms with Gasteiger partial charge in [-0.1, -0.05) is 18.2 Å². The zero-order chi connectivity index (χ0) is 15.0. The van der Waals surface area contributed by atoms with E-state index in [9.17, 15) is 14.7 Å². The Kier molecular flexibility index (Phi) is 3.55. The molecule has 2 aliphatic rings. The Morgan fingerprint density at radius 2 is 2.05 bits per heavy atom. The number of carbonyl (C=O) groups is 2. The highest BCUT2D eigenvalue weighted by Gasteiger charge is 2.40. The Balaban J connectivity index is 1.90. The summed E-state index contributed by atoms with van der Waals surface area (Å²) in [6.07, 6.45) is 2.12. The number of carboxylic acids is 1. The van der Waals surface area contributed by atoms with Crippen molar-refractivity contribution in [2.24, 2.45) is 5.73 Å². The van der Waals surface area contributed by atoms with Crippen LogP contribution in [0.1, 0.15) is 18.4 Å². The van der Waals surface area contributed by atoms with E-state index >= 15 is 0 Å². The first-order valence-electron chi connectivity index (χ1n) is 7.22. The lowest BCUT2D eigenvalue weighted by Crippen LogP contribution is -2.54. The fourth-order valence-electron chi connectivity index (χ4n) is 3.16. The average molecular weight is 289 g/mol. The molecule has 6 nitrogen and oxygen atoms in total. The number of benzene rings is 1. The average Bonchev–Trinajstić information content (AvgIpc) is 2.86. The molecule has 1 fully saturated rings. The summed E-state index contributed by atoms with van der Waals surface area (Å²) >= 11 is 0. The third-order valence-corrected chi connectivity index (χ3v) is 4.20. The molecule has 6 heteroatoms. The third kappa shape index (κ3) is 2.47. The number of hydrogen-bond donors (Lipinski definition) is 2. The van der Waals surface area contributed by atoms with Crippen LogP contribution in [0.3, 0.4) is 0 Å². The van der Waals surface area contributed by atoms with Crippen LogP contribution in [0, 0.1) is 0 Å². The van der Waals surface area contributed by atoms with Gasteiger partial charge in [0.2, 0.25) is 0 Å². The summed E-state index contributed by atoms with van der Waals surface area (Å²) in [6, 6.07) is 6.27. The van der Waals surface area contributed by atoms with E-state index in [4.69, 9.17) is 5.73 Å². The van der Waals surface area contributed by atoms with E-state index in [1.165, 1.54) is 4.90 Å². The van der Waals surface area contributed by atoms with E-state index in [-0.39, 0.29) is 12.1 Å². The van der Waals surface area contributed by atoms with E-state index in [1.54, 1.807) is 11.0 Å². The van der Waals surface area contributed by atoms with Gasteiger partial charge in [0.15, 0.2) is 0 Å². The molecule has 2 amide bonds. The zero-order valence-electron chi connectivity index (χ0n) is 11.7. The molecule has 2 aliphatic heterocycles. The molecule has 21 heavy (non-hydrogen) atoms. The number of rotatable bonds is 1. The van der Waals surface area contributed by atoms with E-state index in [1.807, 2.05) is 18.2 Å². The van der Waals surface area contributed by atoms with E-state index < -0.39 is 12.0 Å². The second-order valence-corrected chi connectivity index (χ2v) is 5.69. The summed E-state index contributed by atoms with van der Waals surface area (Å²) in [7, 11) is 0. The van der Waals surface area contributed by atoms with Crippen molar-refractivity contribution in [2.45, 2.75) is 31.3 Å². The fraction of sp³-hybridized carbons (Fsp3) is 0.467. The quantitative estimate of drug-likeness (QED) is 0.809. The minimum absolute atomic E-state index is 0.0242. The first-order chi connectivity index (χ1) is 10.1. The van der Waals surface area contributed by atoms with Crippen molar-refractivity contribution in [1.29, 1.82) is 0 Å². The molecule has 0 aromatic heterocycles. The molecule has 0 bridgehead atoms. The van der Waals surface area contributed by atoms with Crippen molar-refractivity contribution in [3.05, 3.63) is 29.8 Å². The molecule has 1 aromatic rings. The molecule has 1 saturated heterocycles. The molecule has 0 radical (unpaired) electrons. The van der Waals surface area contributed by atoms with Crippen LogP contribution in [-0.4, -0.2) is 47.2 Å². The fourth-order valence-corrected chi connectivity index (χ4v) is 3.16. The normalized spacial score (nSPS) is 24.8. The molecule has 3 N–H and O–H groups in total. The maximum Gasteiger partial charge on any atom is 0.327 e. The van der Waals surface area contributed by atoms with Gasteiger partial charge in [-0.2, -0.15) is 0 Å². The van der Waals surface area contributed by atoms with Crippen LogP contribution in [0.2, 0.25) is 0 Å². The van der Waals surface area contributed by atoms with Gasteiger partial charge >= 0.3 is 12.0 Å². The van der Waals surface area contributed by atoms with Crippen molar-refractivity contribution in [3.8, 4) is 0 Å². The number of carboxylic acid groups (broad SMARTS) is 1. The van der Waals surface area contributed by atoms with Gasteiger partial charge in [0.05, 0.1) is 0 Å². The van der Waals surface area contributed by atoms with Gasteiger partial charge in [-0.25, -0.2) is 9.59 Å². The van der Waals surface area contributed by atoms with Gasteiger partial charge in [0.1, 0.15) is 6.04 Å². The smallest absolute Gasteiger partial charge is 0.327 e. The predicted octanol–water partition coefficient (Wildman–Crippen LogP) is 1.05. The lowest BCUT2D eigenvalue weighted by Gasteiger charge is -2.35. The number of nitrogens with two attached hydrogens (primary N) is 1. The molecule has 2 heterocycles. The van der Waals surface area contributed by atoms with Crippen LogP contribution in [-0.2, 0) is 11.2 Å². The SMILES string of the molecule is NC1CCCN(C(=O)N2c3ccccc3CC2C(=O)O)C1. The summed E-state index contributed by atoms with van der Waals surface area (Å²) in [5.41, 5.74) is 7.53. The Morgan fingerprint density at radius 3 is 2.76 bits per heavy atom. The summed E-state index contributed by atoms with van der Waals surface area (Å²) < 4.78 is 0. The number of anilines is 1. The van der Waals surface area contributed by atoms with Gasteiger partial charge in [0.25, 0.3) is 0 Å². The van der Waals surface area contributed by atoms with Crippen molar-refractivity contribution in [1.82, 2.24) is 4.90 Å². The maximum atomic E-state index is 12.8. The second-order valence-electron chi connectivity index (χ2n) is 5.69. The highest BCUT2D eigenvalue weighted by Crippen LogP contribution is 2.33. The standard InChI is InChI=1S/C15H19N3O3/c16-11-5-3-7-17(9-11)15(21)18-12-6-2-1-4-10(12)8-13(18)14(19)20/h1-2,4,6,11,13H,3,5,7-9,16H2,(H,19,20). The van der Waals surface area contributed by atoms with Gasteiger partial charge in [-0.3, -0.25) is 4.90 Å². The Hall–Kier alpha value is -2.08. The lowest BCUT2D eigenvalue weighted by atomic mass is 10.1. The van der Waals surface area contributed by atoms with E-state index in [2.05, 4.69) is 0 Å². The number of amides is 2. The number of nitrogens with zero attached hydrogens (tertiary/aromatic N) is 2. The topological polar surface area (TPSA) is 86.9 Å². The van der Waals surface area contributed by atoms with Gasteiger partial charge in [-0.05, 0) is 24.5 Å². The number of likely N-dealkylation sites (tertiary alicyclic amines) is 1. The molecule has 0 aliphatic carbocycles.